The minimum Gasteiger partial charge on any atom is -0.343 e. The fourth-order valence-corrected chi connectivity index (χ4v) is 2.07. The molecule has 0 unspecified atom stereocenters. The highest BCUT2D eigenvalue weighted by Crippen LogP contribution is 2.11. The average molecular weight is 236 g/mol. The first kappa shape index (κ1) is 12.1. The van der Waals surface area contributed by atoms with E-state index >= 15 is 0 Å². The van der Waals surface area contributed by atoms with Crippen molar-refractivity contribution in [2.75, 3.05) is 26.7 Å². The predicted molar refractivity (Wildman–Crippen MR) is 65.6 cm³/mol. The topological polar surface area (TPSA) is 41.4 Å². The molecule has 1 aliphatic heterocycles. The Kier molecular flexibility index (Phi) is 3.19. The van der Waals surface area contributed by atoms with E-state index in [1.54, 1.807) is 4.90 Å². The standard InChI is InChI=1S/C12H20N4O/c1-9-10(2)15(4)11(13-9)7-16-6-5-14(3)12(17)8-16/h5-8H2,1-4H3. The molecule has 1 amide bonds. The first-order chi connectivity index (χ1) is 7.99. The van der Waals surface area contributed by atoms with Crippen LogP contribution >= 0.6 is 0 Å². The van der Waals surface area contributed by atoms with Crippen molar-refractivity contribution in [3.63, 3.8) is 0 Å². The first-order valence-corrected chi connectivity index (χ1v) is 5.94. The lowest BCUT2D eigenvalue weighted by Crippen LogP contribution is -2.48. The number of likely N-dealkylation sites (N-methyl/N-ethyl adjacent to an activating group) is 1. The molecule has 0 spiro atoms. The maximum absolute atomic E-state index is 11.6. The van der Waals surface area contributed by atoms with Gasteiger partial charge in [-0.2, -0.15) is 0 Å². The third-order valence-electron chi connectivity index (χ3n) is 3.61. The van der Waals surface area contributed by atoms with E-state index in [-0.39, 0.29) is 5.91 Å². The van der Waals surface area contributed by atoms with Gasteiger partial charge in [-0.05, 0) is 13.8 Å². The van der Waals surface area contributed by atoms with Gasteiger partial charge in [-0.25, -0.2) is 4.98 Å². The largest absolute Gasteiger partial charge is 0.343 e. The van der Waals surface area contributed by atoms with Crippen molar-refractivity contribution in [2.45, 2.75) is 20.4 Å². The molecule has 2 rings (SSSR count). The van der Waals surface area contributed by atoms with Crippen LogP contribution in [0.5, 0.6) is 0 Å². The zero-order valence-electron chi connectivity index (χ0n) is 11.0. The number of hydrogen-bond acceptors (Lipinski definition) is 3. The molecule has 1 aliphatic rings. The van der Waals surface area contributed by atoms with Gasteiger partial charge in [0.15, 0.2) is 0 Å². The van der Waals surface area contributed by atoms with E-state index in [0.29, 0.717) is 6.54 Å². The summed E-state index contributed by atoms with van der Waals surface area (Å²) in [6, 6.07) is 0. The third-order valence-corrected chi connectivity index (χ3v) is 3.61. The Bertz CT molecular complexity index is 438. The van der Waals surface area contributed by atoms with Crippen LogP contribution in [0.3, 0.4) is 0 Å². The fourth-order valence-electron chi connectivity index (χ4n) is 2.07. The SMILES string of the molecule is Cc1nc(CN2CCN(C)C(=O)C2)n(C)c1C. The van der Waals surface area contributed by atoms with Gasteiger partial charge in [0.2, 0.25) is 5.91 Å². The summed E-state index contributed by atoms with van der Waals surface area (Å²) in [7, 11) is 3.89. The second-order valence-electron chi connectivity index (χ2n) is 4.78. The van der Waals surface area contributed by atoms with Crippen molar-refractivity contribution in [1.29, 1.82) is 0 Å². The summed E-state index contributed by atoms with van der Waals surface area (Å²) in [5.74, 6) is 1.23. The van der Waals surface area contributed by atoms with Crippen LogP contribution in [0.4, 0.5) is 0 Å². The van der Waals surface area contributed by atoms with Crippen LogP contribution in [0.2, 0.25) is 0 Å². The Morgan fingerprint density at radius 1 is 1.24 bits per heavy atom. The summed E-state index contributed by atoms with van der Waals surface area (Å²) in [6.45, 7) is 7.08. The summed E-state index contributed by atoms with van der Waals surface area (Å²) >= 11 is 0. The number of aromatic nitrogens is 2. The molecule has 0 atom stereocenters. The van der Waals surface area contributed by atoms with Crippen molar-refractivity contribution in [2.24, 2.45) is 7.05 Å². The molecule has 1 fully saturated rings. The average Bonchev–Trinajstić information content (AvgIpc) is 2.52. The van der Waals surface area contributed by atoms with E-state index in [9.17, 15) is 4.79 Å². The molecular formula is C12H20N4O. The monoisotopic (exact) mass is 236 g/mol. The number of amides is 1. The van der Waals surface area contributed by atoms with Crippen LogP contribution in [0, 0.1) is 13.8 Å². The van der Waals surface area contributed by atoms with E-state index in [0.717, 1.165) is 31.2 Å². The molecular weight excluding hydrogens is 216 g/mol. The quantitative estimate of drug-likeness (QED) is 0.742. The molecule has 0 saturated carbocycles. The predicted octanol–water partition coefficient (Wildman–Crippen LogP) is 0.311. The number of rotatable bonds is 2. The summed E-state index contributed by atoms with van der Waals surface area (Å²) in [6.07, 6.45) is 0. The lowest BCUT2D eigenvalue weighted by molar-refractivity contribution is -0.134. The molecule has 2 heterocycles. The fraction of sp³-hybridized carbons (Fsp3) is 0.667. The smallest absolute Gasteiger partial charge is 0.236 e. The number of carbonyl (C=O) groups excluding carboxylic acids is 1. The maximum atomic E-state index is 11.6. The molecule has 0 aromatic carbocycles. The van der Waals surface area contributed by atoms with E-state index in [4.69, 9.17) is 0 Å². The van der Waals surface area contributed by atoms with Crippen molar-refractivity contribution in [3.05, 3.63) is 17.2 Å². The van der Waals surface area contributed by atoms with Gasteiger partial charge in [0.25, 0.3) is 0 Å². The molecule has 5 nitrogen and oxygen atoms in total. The number of aryl methyl sites for hydroxylation is 1. The van der Waals surface area contributed by atoms with Crippen LogP contribution < -0.4 is 0 Å². The van der Waals surface area contributed by atoms with Gasteiger partial charge < -0.3 is 9.47 Å². The zero-order chi connectivity index (χ0) is 12.6. The Morgan fingerprint density at radius 2 is 1.94 bits per heavy atom. The van der Waals surface area contributed by atoms with Crippen molar-refractivity contribution in [3.8, 4) is 0 Å². The van der Waals surface area contributed by atoms with Gasteiger partial charge in [-0.1, -0.05) is 0 Å². The zero-order valence-corrected chi connectivity index (χ0v) is 11.0. The first-order valence-electron chi connectivity index (χ1n) is 5.94. The number of hydrogen-bond donors (Lipinski definition) is 0. The molecule has 1 aromatic rings. The second kappa shape index (κ2) is 4.49. The van der Waals surface area contributed by atoms with Crippen LogP contribution in [0.25, 0.3) is 0 Å². The van der Waals surface area contributed by atoms with Crippen molar-refractivity contribution in [1.82, 2.24) is 19.4 Å². The van der Waals surface area contributed by atoms with Crippen molar-refractivity contribution >= 4 is 5.91 Å². The van der Waals surface area contributed by atoms with E-state index in [2.05, 4.69) is 21.4 Å². The highest BCUT2D eigenvalue weighted by atomic mass is 16.2. The summed E-state index contributed by atoms with van der Waals surface area (Å²) in [5.41, 5.74) is 2.27. The van der Waals surface area contributed by atoms with Gasteiger partial charge in [-0.3, -0.25) is 9.69 Å². The summed E-state index contributed by atoms with van der Waals surface area (Å²) in [4.78, 5) is 20.1. The highest BCUT2D eigenvalue weighted by Gasteiger charge is 2.22. The number of carbonyl (C=O) groups is 1. The Hall–Kier alpha value is -1.36. The number of imidazole rings is 1. The molecule has 0 radical (unpaired) electrons. The molecule has 1 aromatic heterocycles. The number of piperazine rings is 1. The van der Waals surface area contributed by atoms with Crippen molar-refractivity contribution < 1.29 is 4.79 Å². The molecule has 1 saturated heterocycles. The molecule has 0 N–H and O–H groups in total. The van der Waals surface area contributed by atoms with Gasteiger partial charge in [-0.15, -0.1) is 0 Å². The summed E-state index contributed by atoms with van der Waals surface area (Å²) < 4.78 is 2.11. The van der Waals surface area contributed by atoms with Gasteiger partial charge in [0.1, 0.15) is 5.82 Å². The minimum atomic E-state index is 0.193. The highest BCUT2D eigenvalue weighted by molar-refractivity contribution is 5.78. The molecule has 5 heteroatoms. The van der Waals surface area contributed by atoms with Gasteiger partial charge in [0.05, 0.1) is 18.8 Å². The van der Waals surface area contributed by atoms with Gasteiger partial charge >= 0.3 is 0 Å². The van der Waals surface area contributed by atoms with Crippen LogP contribution in [-0.2, 0) is 18.4 Å². The maximum Gasteiger partial charge on any atom is 0.236 e. The Morgan fingerprint density at radius 3 is 2.47 bits per heavy atom. The van der Waals surface area contributed by atoms with E-state index < -0.39 is 0 Å². The van der Waals surface area contributed by atoms with Gasteiger partial charge in [0, 0.05) is 32.9 Å². The van der Waals surface area contributed by atoms with E-state index in [1.165, 1.54) is 5.69 Å². The lowest BCUT2D eigenvalue weighted by Gasteiger charge is -2.31. The lowest BCUT2D eigenvalue weighted by atomic mass is 10.3. The normalized spacial score (nSPS) is 17.9. The molecule has 0 bridgehead atoms. The Labute approximate surface area is 102 Å². The summed E-state index contributed by atoms with van der Waals surface area (Å²) in [5, 5.41) is 0. The van der Waals surface area contributed by atoms with Crippen LogP contribution in [0.15, 0.2) is 0 Å². The minimum absolute atomic E-state index is 0.193. The van der Waals surface area contributed by atoms with Crippen LogP contribution in [-0.4, -0.2) is 51.9 Å². The molecule has 17 heavy (non-hydrogen) atoms. The van der Waals surface area contributed by atoms with E-state index in [1.807, 2.05) is 21.0 Å². The third kappa shape index (κ3) is 2.34. The second-order valence-corrected chi connectivity index (χ2v) is 4.78. The number of nitrogens with zero attached hydrogens (tertiary/aromatic N) is 4. The molecule has 0 aliphatic carbocycles. The van der Waals surface area contributed by atoms with Crippen LogP contribution in [0.1, 0.15) is 17.2 Å². The Balaban J connectivity index is 2.06. The molecule has 94 valence electrons.